The van der Waals surface area contributed by atoms with Gasteiger partial charge in [-0.05, 0) is 215 Å². The average molecular weight is 1670 g/mol. The van der Waals surface area contributed by atoms with Crippen molar-refractivity contribution < 1.29 is 20.6 Å². The van der Waals surface area contributed by atoms with E-state index >= 15 is 0 Å². The molecule has 130 heavy (non-hydrogen) atoms. The molecule has 612 valence electrons. The van der Waals surface area contributed by atoms with Gasteiger partial charge in [-0.2, -0.15) is 0 Å². The summed E-state index contributed by atoms with van der Waals surface area (Å²) >= 11 is 0. The maximum absolute atomic E-state index is 9.19. The third-order valence-corrected chi connectivity index (χ3v) is 24.2. The van der Waals surface area contributed by atoms with Crippen LogP contribution >= 0.6 is 0 Å². The molecular formula is C126H88N4. The predicted molar refractivity (Wildman–Crippen MR) is 551 cm³/mol. The van der Waals surface area contributed by atoms with Gasteiger partial charge in [0.25, 0.3) is 0 Å². The largest absolute Gasteiger partial charge is 0.310 e. The van der Waals surface area contributed by atoms with E-state index in [0.717, 1.165) is 172 Å². The third-order valence-electron chi connectivity index (χ3n) is 24.2. The minimum absolute atomic E-state index is 0.0720. The molecule has 0 saturated carbocycles. The highest BCUT2D eigenvalue weighted by Crippen LogP contribution is 2.50. The molecule has 2 aromatic heterocycles. The molecular weight excluding hydrogens is 1570 g/mol. The minimum Gasteiger partial charge on any atom is -0.310 e. The van der Waals surface area contributed by atoms with E-state index in [1.165, 1.54) is 0 Å². The highest BCUT2D eigenvalue weighted by atomic mass is 15.2. The first-order chi connectivity index (χ1) is 70.7. The molecule has 0 spiro atoms. The zero-order chi connectivity index (χ0) is 99.5. The summed E-state index contributed by atoms with van der Waals surface area (Å²) in [6, 6.07) is 146. The molecule has 0 N–H and O–H groups in total. The van der Waals surface area contributed by atoms with Crippen LogP contribution in [-0.4, -0.2) is 9.13 Å². The van der Waals surface area contributed by atoms with Crippen LogP contribution in [0.3, 0.4) is 0 Å². The van der Waals surface area contributed by atoms with Crippen molar-refractivity contribution in [3.63, 3.8) is 0 Å². The molecule has 4 heteroatoms. The van der Waals surface area contributed by atoms with Crippen LogP contribution in [0.2, 0.25) is 0 Å². The number of nitrogens with zero attached hydrogens (tertiary/aromatic N) is 4. The Labute approximate surface area is 780 Å². The Morgan fingerprint density at radius 3 is 0.946 bits per heavy atom. The number of para-hydroxylation sites is 5. The van der Waals surface area contributed by atoms with Crippen molar-refractivity contribution in [3.05, 3.63) is 533 Å². The van der Waals surface area contributed by atoms with Gasteiger partial charge in [0.15, 0.2) is 0 Å². The standard InChI is InChI=1S/C66H46N2.C60H42N2/c1-4-21-47(22-5-1)50-27-18-30-54(43-50)67(55-31-19-28-51(44-55)48-23-6-2-7-24-48)64-39-16-14-37-61(64)60-36-13-12-35-59(60)53-41-42-63-62-38-15-17-40-65(62)68(66(63)46-53)56-32-20-29-52(45-56)58-34-11-10-33-57(58)49-25-8-3-9-26-49;1-5-20-43(21-6-1)46-26-19-29-50(40-46)61(49-27-11-4-12-28-49)57-34-17-15-32-53(57)52-31-14-13-30-51(52)48-36-38-55-54-33-16-18-35-58(54)62(60(55)42-48)59-39-37-47(44-22-7-2-8-23-44)41-56(59)45-24-9-3-10-25-45/h1-46H;1-42H/i3D,8D,9D,25D,26D;2D,3D,7D,8D,9D,10D,22D,23D,24D,25D. The van der Waals surface area contributed by atoms with Crippen molar-refractivity contribution >= 4 is 77.7 Å². The van der Waals surface area contributed by atoms with Crippen molar-refractivity contribution in [1.82, 2.24) is 9.13 Å². The fourth-order valence-corrected chi connectivity index (χ4v) is 18.4. The zero-order valence-corrected chi connectivity index (χ0v) is 70.4. The molecule has 21 aromatic carbocycles. The lowest BCUT2D eigenvalue weighted by Gasteiger charge is -2.29. The molecule has 0 fully saturated rings. The smallest absolute Gasteiger partial charge is 0.0629 e. The number of hydrogen-bond acceptors (Lipinski definition) is 2. The molecule has 0 radical (unpaired) electrons. The second-order valence-electron chi connectivity index (χ2n) is 31.9. The predicted octanol–water partition coefficient (Wildman–Crippen LogP) is 34.8. The topological polar surface area (TPSA) is 16.3 Å². The molecule has 0 aliphatic carbocycles. The molecule has 23 aromatic rings. The Morgan fingerprint density at radius 2 is 0.469 bits per heavy atom. The van der Waals surface area contributed by atoms with Gasteiger partial charge >= 0.3 is 0 Å². The van der Waals surface area contributed by atoms with E-state index in [4.69, 9.17) is 17.8 Å². The van der Waals surface area contributed by atoms with Gasteiger partial charge in [0.2, 0.25) is 0 Å². The van der Waals surface area contributed by atoms with Gasteiger partial charge in [-0.25, -0.2) is 0 Å². The number of aromatic nitrogens is 2. The maximum Gasteiger partial charge on any atom is 0.0629 e. The van der Waals surface area contributed by atoms with Crippen molar-refractivity contribution in [2.75, 3.05) is 9.80 Å². The molecule has 0 aliphatic heterocycles. The van der Waals surface area contributed by atoms with E-state index < -0.39 is 66.5 Å². The summed E-state index contributed by atoms with van der Waals surface area (Å²) < 4.78 is 134. The number of fused-ring (bicyclic) bond motifs is 6. The summed E-state index contributed by atoms with van der Waals surface area (Å²) in [6.07, 6.45) is 0. The second-order valence-corrected chi connectivity index (χ2v) is 31.9. The summed E-state index contributed by atoms with van der Waals surface area (Å²) in [6.45, 7) is 0. The van der Waals surface area contributed by atoms with E-state index in [9.17, 15) is 2.74 Å². The molecule has 23 rings (SSSR count). The lowest BCUT2D eigenvalue weighted by molar-refractivity contribution is 1.18. The van der Waals surface area contributed by atoms with Gasteiger partial charge in [-0.1, -0.05) is 424 Å². The fourth-order valence-electron chi connectivity index (χ4n) is 18.4. The van der Waals surface area contributed by atoms with Crippen molar-refractivity contribution in [2.45, 2.75) is 0 Å². The van der Waals surface area contributed by atoms with Crippen LogP contribution in [0.5, 0.6) is 0 Å². The average Bonchev–Trinajstić information content (AvgIpc) is 1.61. The molecule has 0 aliphatic rings. The number of hydrogen-bond donors (Lipinski definition) is 0. The van der Waals surface area contributed by atoms with Crippen LogP contribution in [0.4, 0.5) is 34.1 Å². The Morgan fingerprint density at radius 1 is 0.162 bits per heavy atom. The lowest BCUT2D eigenvalue weighted by atomic mass is 9.92. The molecule has 0 saturated heterocycles. The van der Waals surface area contributed by atoms with Crippen LogP contribution in [0, 0.1) is 0 Å². The van der Waals surface area contributed by atoms with E-state index in [-0.39, 0.29) is 52.0 Å². The van der Waals surface area contributed by atoms with Gasteiger partial charge in [-0.3, -0.25) is 0 Å². The van der Waals surface area contributed by atoms with Crippen LogP contribution in [0.1, 0.15) is 20.6 Å². The quantitative estimate of drug-likeness (QED) is 0.0802. The minimum atomic E-state index is -0.550. The first-order valence-corrected chi connectivity index (χ1v) is 43.4. The van der Waals surface area contributed by atoms with E-state index in [1.807, 2.05) is 114 Å². The first-order valence-electron chi connectivity index (χ1n) is 50.9. The molecule has 0 bridgehead atoms. The number of rotatable bonds is 19. The summed E-state index contributed by atoms with van der Waals surface area (Å²) in [4.78, 5) is 4.67. The Kier molecular flexibility index (Phi) is 17.4. The summed E-state index contributed by atoms with van der Waals surface area (Å²) in [5.74, 6) is 0. The number of anilines is 6. The van der Waals surface area contributed by atoms with Crippen LogP contribution in [0.25, 0.3) is 177 Å². The number of benzene rings is 21. The van der Waals surface area contributed by atoms with E-state index in [0.29, 0.717) is 11.3 Å². The van der Waals surface area contributed by atoms with Crippen LogP contribution in [-0.2, 0) is 0 Å². The van der Waals surface area contributed by atoms with Crippen molar-refractivity contribution in [3.8, 4) is 134 Å². The van der Waals surface area contributed by atoms with Gasteiger partial charge in [0.05, 0.1) is 59.7 Å². The van der Waals surface area contributed by atoms with Crippen LogP contribution in [0.15, 0.2) is 533 Å². The van der Waals surface area contributed by atoms with Gasteiger partial charge in [-0.15, -0.1) is 0 Å². The highest BCUT2D eigenvalue weighted by Gasteiger charge is 2.26. The van der Waals surface area contributed by atoms with Crippen LogP contribution < -0.4 is 9.80 Å². The SMILES string of the molecule is [2H]c1c([2H])c([2H])c(-c2ccc(-n3c4ccccc4c4ccc(-c5ccccc5-c5ccccc5N(c5ccccc5)c5cccc(-c6ccccc6)c5)cc43)c(-c3c([2H])c([2H])c([2H])c([2H])c3[2H])c2)c([2H])c1[2H].[2H]c1c([2H])c([2H])c(-c2ccccc2-c2cccc(-n3c4ccccc4c4ccc(-c5ccccc5-c5ccccc5N(c5cccc(-c6ccccc6)c5)c5cccc(-c6ccccc6)c5)cc43)c2)c([2H])c1[2H]. The lowest BCUT2D eigenvalue weighted by Crippen LogP contribution is -2.11. The van der Waals surface area contributed by atoms with Gasteiger partial charge in [0.1, 0.15) is 0 Å². The second kappa shape index (κ2) is 35.5. The van der Waals surface area contributed by atoms with E-state index in [2.05, 4.69) is 330 Å². The summed E-state index contributed by atoms with van der Waals surface area (Å²) in [7, 11) is 0. The monoisotopic (exact) mass is 1670 g/mol. The van der Waals surface area contributed by atoms with E-state index in [1.54, 1.807) is 18.2 Å². The molecule has 0 unspecified atom stereocenters. The summed E-state index contributed by atoms with van der Waals surface area (Å²) in [5.41, 5.74) is 28.7. The first kappa shape index (κ1) is 63.7. The van der Waals surface area contributed by atoms with Crippen molar-refractivity contribution in [2.24, 2.45) is 0 Å². The summed E-state index contributed by atoms with van der Waals surface area (Å²) in [5, 5.41) is 4.06. The maximum atomic E-state index is 9.19. The zero-order valence-electron chi connectivity index (χ0n) is 85.4. The molecule has 0 atom stereocenters. The van der Waals surface area contributed by atoms with Gasteiger partial charge < -0.3 is 18.9 Å². The molecule has 2 heterocycles. The van der Waals surface area contributed by atoms with Gasteiger partial charge in [0, 0.05) is 66.7 Å². The Bertz CT molecular complexity index is 8870. The fraction of sp³-hybridized carbons (Fsp3) is 0. The van der Waals surface area contributed by atoms with Crippen molar-refractivity contribution in [1.29, 1.82) is 0 Å². The normalized spacial score (nSPS) is 12.8. The Hall–Kier alpha value is -17.2. The molecule has 4 nitrogen and oxygen atoms in total. The molecule has 0 amide bonds. The Balaban J connectivity index is 0.000000165. The highest BCUT2D eigenvalue weighted by molar-refractivity contribution is 6.13. The third kappa shape index (κ3) is 15.4.